The van der Waals surface area contributed by atoms with Crippen LogP contribution in [0, 0.1) is 0 Å². The fraction of sp³-hybridized carbons (Fsp3) is 0.714. The SMILES string of the molecule is CC(=O)C1(n2cncn2)CCN(C(=O)OC(C)(C)C)CC1. The van der Waals surface area contributed by atoms with E-state index < -0.39 is 11.1 Å². The Hall–Kier alpha value is -1.92. The molecule has 1 aliphatic heterocycles. The highest BCUT2D eigenvalue weighted by atomic mass is 16.6. The Morgan fingerprint density at radius 2 is 1.86 bits per heavy atom. The Balaban J connectivity index is 2.08. The number of aromatic nitrogens is 3. The van der Waals surface area contributed by atoms with Crippen LogP contribution >= 0.6 is 0 Å². The van der Waals surface area contributed by atoms with Gasteiger partial charge in [-0.25, -0.2) is 14.5 Å². The standard InChI is InChI=1S/C14H22N4O3/c1-11(19)14(18-10-15-9-16-18)5-7-17(8-6-14)12(20)21-13(2,3)4/h9-10H,5-8H2,1-4H3. The number of nitrogens with zero attached hydrogens (tertiary/aromatic N) is 4. The number of amides is 1. The second kappa shape index (κ2) is 5.46. The second-order valence-corrected chi connectivity index (χ2v) is 6.40. The van der Waals surface area contributed by atoms with Crippen LogP contribution in [0.15, 0.2) is 12.7 Å². The number of piperidine rings is 1. The molecule has 7 nitrogen and oxygen atoms in total. The third kappa shape index (κ3) is 3.22. The monoisotopic (exact) mass is 294 g/mol. The van der Waals surface area contributed by atoms with Gasteiger partial charge in [-0.1, -0.05) is 0 Å². The molecular formula is C14H22N4O3. The lowest BCUT2D eigenvalue weighted by molar-refractivity contribution is -0.128. The molecule has 21 heavy (non-hydrogen) atoms. The molecule has 0 bridgehead atoms. The first kappa shape index (κ1) is 15.5. The highest BCUT2D eigenvalue weighted by molar-refractivity contribution is 5.84. The Labute approximate surface area is 124 Å². The smallest absolute Gasteiger partial charge is 0.410 e. The van der Waals surface area contributed by atoms with Crippen LogP contribution in [0.25, 0.3) is 0 Å². The molecule has 0 unspecified atom stereocenters. The van der Waals surface area contributed by atoms with Crippen LogP contribution in [0.5, 0.6) is 0 Å². The lowest BCUT2D eigenvalue weighted by Crippen LogP contribution is -2.52. The lowest BCUT2D eigenvalue weighted by atomic mass is 9.84. The molecule has 1 fully saturated rings. The first-order valence-electron chi connectivity index (χ1n) is 7.09. The quantitative estimate of drug-likeness (QED) is 0.828. The van der Waals surface area contributed by atoms with Crippen LogP contribution in [0.2, 0.25) is 0 Å². The maximum atomic E-state index is 12.1. The van der Waals surface area contributed by atoms with Crippen molar-refractivity contribution in [2.45, 2.75) is 51.7 Å². The predicted molar refractivity (Wildman–Crippen MR) is 75.7 cm³/mol. The molecule has 116 valence electrons. The number of hydrogen-bond acceptors (Lipinski definition) is 5. The molecule has 0 N–H and O–H groups in total. The molecule has 0 aliphatic carbocycles. The molecule has 1 aromatic rings. The summed E-state index contributed by atoms with van der Waals surface area (Å²) in [5.74, 6) is 0.0387. The molecule has 0 radical (unpaired) electrons. The molecule has 0 atom stereocenters. The molecule has 1 saturated heterocycles. The van der Waals surface area contributed by atoms with Crippen LogP contribution in [0.3, 0.4) is 0 Å². The van der Waals surface area contributed by atoms with Crippen LogP contribution in [-0.2, 0) is 15.1 Å². The van der Waals surface area contributed by atoms with E-state index in [2.05, 4.69) is 10.1 Å². The van der Waals surface area contributed by atoms with Gasteiger partial charge in [0.1, 0.15) is 23.8 Å². The maximum absolute atomic E-state index is 12.1. The van der Waals surface area contributed by atoms with Crippen molar-refractivity contribution >= 4 is 11.9 Å². The van der Waals surface area contributed by atoms with E-state index in [1.807, 2.05) is 20.8 Å². The van der Waals surface area contributed by atoms with Crippen LogP contribution in [-0.4, -0.2) is 50.2 Å². The van der Waals surface area contributed by atoms with Crippen molar-refractivity contribution in [2.24, 2.45) is 0 Å². The average molecular weight is 294 g/mol. The van der Waals surface area contributed by atoms with Crippen LogP contribution in [0.1, 0.15) is 40.5 Å². The molecule has 0 spiro atoms. The molecule has 1 aromatic heterocycles. The Morgan fingerprint density at radius 3 is 2.29 bits per heavy atom. The van der Waals surface area contributed by atoms with Gasteiger partial charge in [0.15, 0.2) is 5.78 Å². The zero-order valence-corrected chi connectivity index (χ0v) is 13.0. The number of carbonyl (C=O) groups is 2. The molecule has 2 heterocycles. The second-order valence-electron chi connectivity index (χ2n) is 6.40. The van der Waals surface area contributed by atoms with Gasteiger partial charge in [-0.3, -0.25) is 4.79 Å². The number of rotatable bonds is 2. The fourth-order valence-corrected chi connectivity index (χ4v) is 2.56. The topological polar surface area (TPSA) is 77.3 Å². The van der Waals surface area contributed by atoms with Gasteiger partial charge in [0, 0.05) is 13.1 Å². The molecule has 7 heteroatoms. The van der Waals surface area contributed by atoms with Crippen molar-refractivity contribution in [3.05, 3.63) is 12.7 Å². The summed E-state index contributed by atoms with van der Waals surface area (Å²) in [6.07, 6.45) is 3.68. The Bertz CT molecular complexity index is 511. The summed E-state index contributed by atoms with van der Waals surface area (Å²) < 4.78 is 6.98. The first-order valence-corrected chi connectivity index (χ1v) is 7.09. The Morgan fingerprint density at radius 1 is 1.24 bits per heavy atom. The zero-order chi connectivity index (χ0) is 15.7. The van der Waals surface area contributed by atoms with E-state index in [4.69, 9.17) is 4.74 Å². The van der Waals surface area contributed by atoms with Gasteiger partial charge in [0.2, 0.25) is 0 Å². The van der Waals surface area contributed by atoms with E-state index in [0.717, 1.165) is 0 Å². The van der Waals surface area contributed by atoms with E-state index in [-0.39, 0.29) is 11.9 Å². The van der Waals surface area contributed by atoms with Crippen molar-refractivity contribution < 1.29 is 14.3 Å². The van der Waals surface area contributed by atoms with E-state index in [0.29, 0.717) is 25.9 Å². The summed E-state index contributed by atoms with van der Waals surface area (Å²) in [6.45, 7) is 8.01. The summed E-state index contributed by atoms with van der Waals surface area (Å²) in [4.78, 5) is 29.7. The summed E-state index contributed by atoms with van der Waals surface area (Å²) in [7, 11) is 0. The summed E-state index contributed by atoms with van der Waals surface area (Å²) in [6, 6.07) is 0. The van der Waals surface area contributed by atoms with Gasteiger partial charge in [-0.2, -0.15) is 5.10 Å². The number of Topliss-reactive ketones (excluding diaryl/α,β-unsaturated/α-hetero) is 1. The summed E-state index contributed by atoms with van der Waals surface area (Å²) >= 11 is 0. The van der Waals surface area contributed by atoms with E-state index in [1.54, 1.807) is 22.8 Å². The van der Waals surface area contributed by atoms with Crippen molar-refractivity contribution in [2.75, 3.05) is 13.1 Å². The normalized spacial score (nSPS) is 18.4. The largest absolute Gasteiger partial charge is 0.444 e. The number of ether oxygens (including phenoxy) is 1. The number of likely N-dealkylation sites (tertiary alicyclic amines) is 1. The fourth-order valence-electron chi connectivity index (χ4n) is 2.56. The van der Waals surface area contributed by atoms with E-state index in [9.17, 15) is 9.59 Å². The third-order valence-corrected chi connectivity index (χ3v) is 3.75. The molecule has 1 aliphatic rings. The van der Waals surface area contributed by atoms with Crippen molar-refractivity contribution in [3.63, 3.8) is 0 Å². The summed E-state index contributed by atoms with van der Waals surface area (Å²) in [5, 5.41) is 4.11. The van der Waals surface area contributed by atoms with Crippen molar-refractivity contribution in [1.82, 2.24) is 19.7 Å². The minimum Gasteiger partial charge on any atom is -0.444 e. The minimum absolute atomic E-state index is 0.0387. The van der Waals surface area contributed by atoms with Crippen molar-refractivity contribution in [1.29, 1.82) is 0 Å². The van der Waals surface area contributed by atoms with Gasteiger partial charge in [0.25, 0.3) is 0 Å². The van der Waals surface area contributed by atoms with Gasteiger partial charge in [0.05, 0.1) is 0 Å². The Kier molecular flexibility index (Phi) is 4.02. The van der Waals surface area contributed by atoms with Gasteiger partial charge in [-0.05, 0) is 40.5 Å². The number of carbonyl (C=O) groups excluding carboxylic acids is 2. The molecular weight excluding hydrogens is 272 g/mol. The predicted octanol–water partition coefficient (Wildman–Crippen LogP) is 1.59. The minimum atomic E-state index is -0.699. The number of hydrogen-bond donors (Lipinski definition) is 0. The molecule has 1 amide bonds. The highest BCUT2D eigenvalue weighted by Crippen LogP contribution is 2.31. The summed E-state index contributed by atoms with van der Waals surface area (Å²) in [5.41, 5.74) is -1.22. The van der Waals surface area contributed by atoms with Gasteiger partial charge in [-0.15, -0.1) is 0 Å². The molecule has 2 rings (SSSR count). The van der Waals surface area contributed by atoms with Gasteiger partial charge < -0.3 is 9.64 Å². The third-order valence-electron chi connectivity index (χ3n) is 3.75. The highest BCUT2D eigenvalue weighted by Gasteiger charge is 2.43. The van der Waals surface area contributed by atoms with E-state index >= 15 is 0 Å². The molecule has 0 saturated carbocycles. The van der Waals surface area contributed by atoms with Crippen LogP contribution < -0.4 is 0 Å². The maximum Gasteiger partial charge on any atom is 0.410 e. The number of ketones is 1. The zero-order valence-electron chi connectivity index (χ0n) is 13.0. The lowest BCUT2D eigenvalue weighted by Gasteiger charge is -2.40. The first-order chi connectivity index (χ1) is 9.74. The van der Waals surface area contributed by atoms with Crippen molar-refractivity contribution in [3.8, 4) is 0 Å². The van der Waals surface area contributed by atoms with E-state index in [1.165, 1.54) is 6.33 Å². The van der Waals surface area contributed by atoms with Crippen LogP contribution in [0.4, 0.5) is 4.79 Å². The molecule has 0 aromatic carbocycles. The van der Waals surface area contributed by atoms with Gasteiger partial charge >= 0.3 is 6.09 Å². The average Bonchev–Trinajstić information content (AvgIpc) is 2.90.